The van der Waals surface area contributed by atoms with Gasteiger partial charge in [0.15, 0.2) is 0 Å². The molecule has 0 saturated carbocycles. The molecule has 4 heteroatoms. The molecule has 0 heterocycles. The smallest absolute Gasteiger partial charge is 0.112 e. The third kappa shape index (κ3) is 25.0. The molecule has 0 aromatic heterocycles. The molecular weight excluding hydrogens is 386 g/mol. The Morgan fingerprint density at radius 2 is 1.32 bits per heavy atom. The molecule has 0 aliphatic carbocycles. The number of carbonyl (C=O) groups is 1. The first-order valence-corrected chi connectivity index (χ1v) is 12.8. The number of ether oxygens (including phenoxy) is 1. The average molecular weight is 438 g/mol. The van der Waals surface area contributed by atoms with E-state index >= 15 is 0 Å². The number of nitrogens with zero attached hydrogens (tertiary/aromatic N) is 1. The Labute approximate surface area is 193 Å². The van der Waals surface area contributed by atoms with Crippen molar-refractivity contribution < 1.29 is 19.1 Å². The van der Waals surface area contributed by atoms with Gasteiger partial charge in [-0.25, -0.2) is 0 Å². The van der Waals surface area contributed by atoms with Crippen LogP contribution in [0.15, 0.2) is 24.3 Å². The molecule has 0 rings (SSSR count). The largest absolute Gasteiger partial charge is 0.550 e. The maximum Gasteiger partial charge on any atom is 0.112 e. The fraction of sp³-hybridized carbons (Fsp3) is 0.815. The number of likely N-dealkylation sites (N-methyl/N-ethyl adjacent to an activating group) is 1. The van der Waals surface area contributed by atoms with Crippen LogP contribution in [0.5, 0.6) is 0 Å². The lowest BCUT2D eigenvalue weighted by Crippen LogP contribution is -2.44. The predicted molar refractivity (Wildman–Crippen MR) is 131 cm³/mol. The number of hydrogen-bond acceptors (Lipinski definition) is 3. The molecule has 0 aliphatic heterocycles. The van der Waals surface area contributed by atoms with E-state index in [1.54, 1.807) is 0 Å². The minimum atomic E-state index is -1.02. The van der Waals surface area contributed by atoms with Crippen molar-refractivity contribution in [1.29, 1.82) is 0 Å². The van der Waals surface area contributed by atoms with Crippen LogP contribution in [-0.4, -0.2) is 50.9 Å². The highest BCUT2D eigenvalue weighted by Gasteiger charge is 2.18. The third-order valence-electron chi connectivity index (χ3n) is 5.34. The van der Waals surface area contributed by atoms with Gasteiger partial charge in [-0.1, -0.05) is 82.6 Å². The summed E-state index contributed by atoms with van der Waals surface area (Å²) in [5.41, 5.74) is 0. The molecule has 0 radical (unpaired) electrons. The fourth-order valence-corrected chi connectivity index (χ4v) is 3.67. The van der Waals surface area contributed by atoms with Gasteiger partial charge >= 0.3 is 0 Å². The van der Waals surface area contributed by atoms with E-state index in [2.05, 4.69) is 52.4 Å². The molecule has 0 aliphatic rings. The Balaban J connectivity index is 3.47. The Morgan fingerprint density at radius 1 is 0.806 bits per heavy atom. The normalized spacial score (nSPS) is 13.4. The van der Waals surface area contributed by atoms with Gasteiger partial charge in [0.05, 0.1) is 21.1 Å². The van der Waals surface area contributed by atoms with E-state index in [1.165, 1.54) is 70.6 Å². The fourth-order valence-electron chi connectivity index (χ4n) is 3.67. The Kier molecular flexibility index (Phi) is 20.0. The van der Waals surface area contributed by atoms with Crippen LogP contribution < -0.4 is 5.11 Å². The van der Waals surface area contributed by atoms with Crippen LogP contribution in [0.25, 0.3) is 0 Å². The summed E-state index contributed by atoms with van der Waals surface area (Å²) >= 11 is 0. The highest BCUT2D eigenvalue weighted by Crippen LogP contribution is 2.11. The number of hydrogen-bond donors (Lipinski definition) is 0. The van der Waals surface area contributed by atoms with Crippen molar-refractivity contribution in [3.05, 3.63) is 24.3 Å². The maximum absolute atomic E-state index is 10.9. The average Bonchev–Trinajstić information content (AvgIpc) is 2.68. The molecule has 1 unspecified atom stereocenters. The number of carboxylic acids is 1. The van der Waals surface area contributed by atoms with Gasteiger partial charge in [-0.05, 0) is 38.5 Å². The molecule has 0 amide bonds. The predicted octanol–water partition coefficient (Wildman–Crippen LogP) is 5.81. The highest BCUT2D eigenvalue weighted by molar-refractivity contribution is 5.64. The second-order valence-corrected chi connectivity index (χ2v) is 9.83. The van der Waals surface area contributed by atoms with Crippen LogP contribution in [-0.2, 0) is 9.53 Å². The lowest BCUT2D eigenvalue weighted by Gasteiger charge is -2.29. The van der Waals surface area contributed by atoms with Crippen molar-refractivity contribution in [2.75, 3.05) is 34.3 Å². The van der Waals surface area contributed by atoms with Crippen LogP contribution in [0, 0.1) is 0 Å². The number of quaternary nitrogens is 1. The quantitative estimate of drug-likeness (QED) is 0.122. The van der Waals surface area contributed by atoms with Gasteiger partial charge in [0.1, 0.15) is 12.6 Å². The van der Waals surface area contributed by atoms with Crippen LogP contribution in [0.1, 0.15) is 103 Å². The molecule has 0 saturated heterocycles. The molecule has 0 aromatic rings. The van der Waals surface area contributed by atoms with E-state index < -0.39 is 5.97 Å². The molecular formula is C27H51NO3. The summed E-state index contributed by atoms with van der Waals surface area (Å²) in [4.78, 5) is 10.9. The van der Waals surface area contributed by atoms with Gasteiger partial charge in [0, 0.05) is 19.0 Å². The molecule has 0 N–H and O–H groups in total. The van der Waals surface area contributed by atoms with Gasteiger partial charge in [-0.3, -0.25) is 0 Å². The molecule has 0 bridgehead atoms. The number of aliphatic carboxylic acids is 1. The lowest BCUT2D eigenvalue weighted by atomic mass is 10.1. The molecule has 0 fully saturated rings. The Morgan fingerprint density at radius 3 is 1.84 bits per heavy atom. The molecule has 31 heavy (non-hydrogen) atoms. The van der Waals surface area contributed by atoms with Gasteiger partial charge in [-0.15, -0.1) is 0 Å². The van der Waals surface area contributed by atoms with Crippen molar-refractivity contribution in [3.63, 3.8) is 0 Å². The van der Waals surface area contributed by atoms with Crippen LogP contribution in [0.3, 0.4) is 0 Å². The molecule has 0 spiro atoms. The number of carboxylic acid groups (broad SMARTS) is 1. The standard InChI is InChI=1S/C27H51NO3/c1-5-6-7-8-9-10-11-12-13-14-15-16-17-18-19-20-21-22-23-31-26(24-27(29)30)25-28(2,3)4/h9-10,12-13,26H,5-8,11,14-25H2,1-4H3/b10-9-,13-12-. The van der Waals surface area contributed by atoms with Crippen molar-refractivity contribution in [1.82, 2.24) is 0 Å². The van der Waals surface area contributed by atoms with Gasteiger partial charge < -0.3 is 19.1 Å². The van der Waals surface area contributed by atoms with Crippen LogP contribution in [0.2, 0.25) is 0 Å². The number of rotatable bonds is 22. The van der Waals surface area contributed by atoms with E-state index in [0.29, 0.717) is 17.6 Å². The molecule has 1 atom stereocenters. The number of carbonyl (C=O) groups excluding carboxylic acids is 1. The van der Waals surface area contributed by atoms with E-state index in [0.717, 1.165) is 19.3 Å². The molecule has 0 aromatic carbocycles. The summed E-state index contributed by atoms with van der Waals surface area (Å²) in [6.07, 6.45) is 26.5. The van der Waals surface area contributed by atoms with E-state index in [1.807, 2.05) is 0 Å². The minimum Gasteiger partial charge on any atom is -0.550 e. The van der Waals surface area contributed by atoms with Gasteiger partial charge in [0.25, 0.3) is 0 Å². The van der Waals surface area contributed by atoms with Crippen molar-refractivity contribution in [2.24, 2.45) is 0 Å². The first kappa shape index (κ1) is 29.9. The number of unbranched alkanes of at least 4 members (excludes halogenated alkanes) is 11. The summed E-state index contributed by atoms with van der Waals surface area (Å²) in [6, 6.07) is 0. The zero-order valence-electron chi connectivity index (χ0n) is 21.1. The summed E-state index contributed by atoms with van der Waals surface area (Å²) < 4.78 is 6.51. The van der Waals surface area contributed by atoms with Crippen molar-refractivity contribution >= 4 is 5.97 Å². The summed E-state index contributed by atoms with van der Waals surface area (Å²) in [6.45, 7) is 3.59. The Hall–Kier alpha value is -1.13. The van der Waals surface area contributed by atoms with Crippen LogP contribution >= 0.6 is 0 Å². The first-order valence-electron chi connectivity index (χ1n) is 12.8. The zero-order valence-corrected chi connectivity index (χ0v) is 21.1. The maximum atomic E-state index is 10.9. The molecule has 182 valence electrons. The molecule has 4 nitrogen and oxygen atoms in total. The van der Waals surface area contributed by atoms with Gasteiger partial charge in [-0.2, -0.15) is 0 Å². The minimum absolute atomic E-state index is 0.0134. The second kappa shape index (κ2) is 20.8. The third-order valence-corrected chi connectivity index (χ3v) is 5.34. The van der Waals surface area contributed by atoms with E-state index in [-0.39, 0.29) is 12.5 Å². The SMILES string of the molecule is CCCCC/C=C\C/C=C\CCCCCCCCCCOC(CC(=O)[O-])C[N+](C)(C)C. The summed E-state index contributed by atoms with van der Waals surface area (Å²) in [5.74, 6) is -1.02. The van der Waals surface area contributed by atoms with Crippen molar-refractivity contribution in [2.45, 2.75) is 109 Å². The zero-order chi connectivity index (χ0) is 23.2. The highest BCUT2D eigenvalue weighted by atomic mass is 16.5. The van der Waals surface area contributed by atoms with Gasteiger partial charge in [0.2, 0.25) is 0 Å². The summed E-state index contributed by atoms with van der Waals surface area (Å²) in [5, 5.41) is 10.9. The number of allylic oxidation sites excluding steroid dienone is 4. The Bertz CT molecular complexity index is 466. The second-order valence-electron chi connectivity index (χ2n) is 9.83. The van der Waals surface area contributed by atoms with Crippen molar-refractivity contribution in [3.8, 4) is 0 Å². The lowest BCUT2D eigenvalue weighted by molar-refractivity contribution is -0.873. The topological polar surface area (TPSA) is 49.4 Å². The summed E-state index contributed by atoms with van der Waals surface area (Å²) in [7, 11) is 6.15. The first-order chi connectivity index (χ1) is 14.8. The monoisotopic (exact) mass is 437 g/mol. The van der Waals surface area contributed by atoms with E-state index in [9.17, 15) is 9.90 Å². The van der Waals surface area contributed by atoms with E-state index in [4.69, 9.17) is 4.74 Å². The van der Waals surface area contributed by atoms with Crippen LogP contribution in [0.4, 0.5) is 0 Å².